The van der Waals surface area contributed by atoms with Crippen molar-refractivity contribution in [3.63, 3.8) is 0 Å². The monoisotopic (exact) mass is 373 g/mol. The highest BCUT2D eigenvalue weighted by molar-refractivity contribution is 5.51. The number of benzene rings is 1. The van der Waals surface area contributed by atoms with Gasteiger partial charge >= 0.3 is 6.43 Å². The van der Waals surface area contributed by atoms with Crippen molar-refractivity contribution in [2.24, 2.45) is 0 Å². The van der Waals surface area contributed by atoms with Gasteiger partial charge in [-0.25, -0.2) is 9.97 Å². The molecule has 1 saturated carbocycles. The van der Waals surface area contributed by atoms with Gasteiger partial charge in [0.1, 0.15) is 5.75 Å². The van der Waals surface area contributed by atoms with Crippen molar-refractivity contribution in [2.75, 3.05) is 11.9 Å². The van der Waals surface area contributed by atoms with E-state index in [0.29, 0.717) is 18.1 Å². The molecule has 0 atom stereocenters. The van der Waals surface area contributed by atoms with Crippen LogP contribution in [-0.2, 0) is 5.54 Å². The number of hydrogen-bond acceptors (Lipinski definition) is 7. The molecule has 140 valence electrons. The summed E-state index contributed by atoms with van der Waals surface area (Å²) in [6.07, 6.45) is 2.05. The number of nitrogens with zero attached hydrogens (tertiary/aromatic N) is 4. The largest absolute Gasteiger partial charge is 0.494 e. The Morgan fingerprint density at radius 2 is 1.85 bits per heavy atom. The summed E-state index contributed by atoms with van der Waals surface area (Å²) in [7, 11) is 0. The van der Waals surface area contributed by atoms with Crippen molar-refractivity contribution >= 4 is 5.95 Å². The van der Waals surface area contributed by atoms with Crippen molar-refractivity contribution in [3.8, 4) is 17.2 Å². The molecule has 0 amide bonds. The number of halogens is 2. The lowest BCUT2D eigenvalue weighted by atomic mass is 10.1. The molecule has 9 heteroatoms. The molecule has 7 nitrogen and oxygen atoms in total. The highest BCUT2D eigenvalue weighted by atomic mass is 19.3. The number of rotatable bonds is 7. The summed E-state index contributed by atoms with van der Waals surface area (Å²) in [5.74, 6) is 0.517. The first kappa shape index (κ1) is 17.3. The minimum absolute atomic E-state index is 0.0375. The molecule has 1 fully saturated rings. The van der Waals surface area contributed by atoms with Gasteiger partial charge in [-0.2, -0.15) is 8.78 Å². The van der Waals surface area contributed by atoms with Gasteiger partial charge in [-0.05, 0) is 37.5 Å². The van der Waals surface area contributed by atoms with Crippen LogP contribution in [0.3, 0.4) is 0 Å². The van der Waals surface area contributed by atoms with Crippen molar-refractivity contribution < 1.29 is 17.9 Å². The fourth-order valence-electron chi connectivity index (χ4n) is 2.80. The highest BCUT2D eigenvalue weighted by Crippen LogP contribution is 2.48. The molecule has 3 aromatic rings. The van der Waals surface area contributed by atoms with Crippen LogP contribution in [0.15, 0.2) is 41.1 Å². The predicted molar refractivity (Wildman–Crippen MR) is 92.4 cm³/mol. The zero-order chi connectivity index (χ0) is 18.9. The maximum absolute atomic E-state index is 12.5. The quantitative estimate of drug-likeness (QED) is 0.671. The van der Waals surface area contributed by atoms with Gasteiger partial charge in [-0.3, -0.25) is 0 Å². The molecule has 1 aliphatic rings. The Labute approximate surface area is 153 Å². The second kappa shape index (κ2) is 6.90. The smallest absolute Gasteiger partial charge is 0.314 e. The van der Waals surface area contributed by atoms with E-state index in [1.165, 1.54) is 12.4 Å². The Balaban J connectivity index is 1.47. The van der Waals surface area contributed by atoms with Crippen molar-refractivity contribution in [1.82, 2.24) is 20.2 Å². The summed E-state index contributed by atoms with van der Waals surface area (Å²) < 4.78 is 35.4. The fraction of sp³-hybridized carbons (Fsp3) is 0.333. The minimum atomic E-state index is -2.81. The fourth-order valence-corrected chi connectivity index (χ4v) is 2.80. The molecule has 1 aliphatic carbocycles. The molecule has 27 heavy (non-hydrogen) atoms. The molecule has 0 radical (unpaired) electrons. The lowest BCUT2D eigenvalue weighted by Gasteiger charge is -2.18. The average Bonchev–Trinajstić information content (AvgIpc) is 3.28. The first-order valence-corrected chi connectivity index (χ1v) is 8.55. The van der Waals surface area contributed by atoms with Crippen molar-refractivity contribution in [1.29, 1.82) is 0 Å². The van der Waals surface area contributed by atoms with E-state index in [0.717, 1.165) is 24.2 Å². The zero-order valence-electron chi connectivity index (χ0n) is 14.5. The van der Waals surface area contributed by atoms with Crippen LogP contribution in [0.2, 0.25) is 0 Å². The molecular formula is C18H17F2N5O2. The number of ether oxygens (including phenoxy) is 1. The van der Waals surface area contributed by atoms with E-state index in [4.69, 9.17) is 9.15 Å². The average molecular weight is 373 g/mol. The standard InChI is InChI=1S/C18H17F2N5O2/c1-2-26-13-5-3-12(4-6-13)18(7-8-18)23-17-21-9-11(10-22-17)15-24-25-16(27-15)14(19)20/h3-6,9-10,14H,2,7-8H2,1H3,(H,21,22,23). The van der Waals surface area contributed by atoms with Gasteiger partial charge in [-0.1, -0.05) is 12.1 Å². The Bertz CT molecular complexity index is 908. The van der Waals surface area contributed by atoms with E-state index in [2.05, 4.69) is 25.5 Å². The van der Waals surface area contributed by atoms with Gasteiger partial charge < -0.3 is 14.5 Å². The van der Waals surface area contributed by atoms with Gasteiger partial charge in [0.05, 0.1) is 17.7 Å². The molecule has 0 bridgehead atoms. The molecule has 4 rings (SSSR count). The minimum Gasteiger partial charge on any atom is -0.494 e. The number of alkyl halides is 2. The number of anilines is 1. The second-order valence-electron chi connectivity index (χ2n) is 6.21. The maximum Gasteiger partial charge on any atom is 0.314 e. The van der Waals surface area contributed by atoms with E-state index >= 15 is 0 Å². The van der Waals surface area contributed by atoms with Crippen LogP contribution in [-0.4, -0.2) is 26.8 Å². The Morgan fingerprint density at radius 1 is 1.15 bits per heavy atom. The molecular weight excluding hydrogens is 356 g/mol. The topological polar surface area (TPSA) is 86.0 Å². The van der Waals surface area contributed by atoms with Crippen LogP contribution in [0.5, 0.6) is 5.75 Å². The van der Waals surface area contributed by atoms with Crippen LogP contribution in [0.25, 0.3) is 11.5 Å². The van der Waals surface area contributed by atoms with E-state index in [9.17, 15) is 8.78 Å². The molecule has 0 spiro atoms. The third-order valence-electron chi connectivity index (χ3n) is 4.35. The van der Waals surface area contributed by atoms with E-state index in [1.54, 1.807) is 0 Å². The first-order valence-electron chi connectivity index (χ1n) is 8.55. The Hall–Kier alpha value is -3.10. The van der Waals surface area contributed by atoms with Crippen LogP contribution in [0.4, 0.5) is 14.7 Å². The van der Waals surface area contributed by atoms with Crippen LogP contribution >= 0.6 is 0 Å². The zero-order valence-corrected chi connectivity index (χ0v) is 14.5. The van der Waals surface area contributed by atoms with Crippen molar-refractivity contribution in [3.05, 3.63) is 48.1 Å². The molecule has 0 aliphatic heterocycles. The maximum atomic E-state index is 12.5. The molecule has 0 unspecified atom stereocenters. The lowest BCUT2D eigenvalue weighted by Crippen LogP contribution is -2.20. The molecule has 2 heterocycles. The summed E-state index contributed by atoms with van der Waals surface area (Å²) in [5.41, 5.74) is 1.32. The lowest BCUT2D eigenvalue weighted by molar-refractivity contribution is 0.116. The van der Waals surface area contributed by atoms with E-state index < -0.39 is 12.3 Å². The number of aromatic nitrogens is 4. The summed E-state index contributed by atoms with van der Waals surface area (Å²) in [6.45, 7) is 2.57. The highest BCUT2D eigenvalue weighted by Gasteiger charge is 2.45. The van der Waals surface area contributed by atoms with E-state index in [-0.39, 0.29) is 11.4 Å². The van der Waals surface area contributed by atoms with Gasteiger partial charge in [0.2, 0.25) is 5.95 Å². The van der Waals surface area contributed by atoms with Crippen LogP contribution in [0, 0.1) is 0 Å². The summed E-state index contributed by atoms with van der Waals surface area (Å²) in [4.78, 5) is 8.49. The Morgan fingerprint density at radius 3 is 2.41 bits per heavy atom. The summed E-state index contributed by atoms with van der Waals surface area (Å²) >= 11 is 0. The van der Waals surface area contributed by atoms with Gasteiger partial charge in [0, 0.05) is 12.4 Å². The summed E-state index contributed by atoms with van der Waals surface area (Å²) in [6, 6.07) is 7.95. The van der Waals surface area contributed by atoms with Gasteiger partial charge in [0.25, 0.3) is 11.8 Å². The SMILES string of the molecule is CCOc1ccc(C2(Nc3ncc(-c4nnc(C(F)F)o4)cn3)CC2)cc1. The molecule has 1 N–H and O–H groups in total. The van der Waals surface area contributed by atoms with Crippen molar-refractivity contribution in [2.45, 2.75) is 31.7 Å². The first-order chi connectivity index (χ1) is 13.1. The van der Waals surface area contributed by atoms with Gasteiger partial charge in [-0.15, -0.1) is 10.2 Å². The number of hydrogen-bond donors (Lipinski definition) is 1. The third-order valence-corrected chi connectivity index (χ3v) is 4.35. The summed E-state index contributed by atoms with van der Waals surface area (Å²) in [5, 5.41) is 10.2. The molecule has 0 saturated heterocycles. The predicted octanol–water partition coefficient (Wildman–Crippen LogP) is 3.96. The van der Waals surface area contributed by atoms with Crippen LogP contribution < -0.4 is 10.1 Å². The van der Waals surface area contributed by atoms with E-state index in [1.807, 2.05) is 31.2 Å². The Kier molecular flexibility index (Phi) is 4.43. The van der Waals surface area contributed by atoms with Crippen LogP contribution in [0.1, 0.15) is 37.6 Å². The van der Waals surface area contributed by atoms with Gasteiger partial charge in [0.15, 0.2) is 0 Å². The molecule has 2 aromatic heterocycles. The third kappa shape index (κ3) is 3.57. The molecule has 1 aromatic carbocycles. The normalized spacial score (nSPS) is 15.0. The number of nitrogens with one attached hydrogen (secondary N) is 1. The second-order valence-corrected chi connectivity index (χ2v) is 6.21.